The van der Waals surface area contributed by atoms with Gasteiger partial charge in [0.1, 0.15) is 17.3 Å². The molecule has 0 bridgehead atoms. The maximum absolute atomic E-state index is 13.4. The number of hydrogen-bond acceptors (Lipinski definition) is 1. The van der Waals surface area contributed by atoms with Crippen LogP contribution < -0.4 is 5.32 Å². The number of anilines is 1. The SMILES string of the molecule is CN(Cc1ccccc1)C(=O)Nc1c(F)cccc1F. The molecule has 104 valence electrons. The van der Waals surface area contributed by atoms with Crippen LogP contribution in [0.25, 0.3) is 0 Å². The van der Waals surface area contributed by atoms with Gasteiger partial charge in [0, 0.05) is 13.6 Å². The van der Waals surface area contributed by atoms with Crippen LogP contribution in [0.4, 0.5) is 19.3 Å². The number of halogens is 2. The predicted octanol–water partition coefficient (Wildman–Crippen LogP) is 3.63. The summed E-state index contributed by atoms with van der Waals surface area (Å²) in [4.78, 5) is 13.3. The molecule has 0 aromatic heterocycles. The molecule has 5 heteroatoms. The molecule has 0 fully saturated rings. The van der Waals surface area contributed by atoms with Crippen molar-refractivity contribution in [2.75, 3.05) is 12.4 Å². The van der Waals surface area contributed by atoms with Crippen molar-refractivity contribution in [3.8, 4) is 0 Å². The second kappa shape index (κ2) is 6.14. The fourth-order valence-corrected chi connectivity index (χ4v) is 1.75. The first-order valence-corrected chi connectivity index (χ1v) is 6.08. The second-order valence-corrected chi connectivity index (χ2v) is 4.37. The van der Waals surface area contributed by atoms with E-state index in [4.69, 9.17) is 0 Å². The smallest absolute Gasteiger partial charge is 0.322 e. The molecule has 20 heavy (non-hydrogen) atoms. The van der Waals surface area contributed by atoms with E-state index in [1.807, 2.05) is 30.3 Å². The van der Waals surface area contributed by atoms with Crippen molar-refractivity contribution in [2.24, 2.45) is 0 Å². The Labute approximate surface area is 115 Å². The van der Waals surface area contributed by atoms with Gasteiger partial charge < -0.3 is 10.2 Å². The van der Waals surface area contributed by atoms with Crippen molar-refractivity contribution in [1.82, 2.24) is 4.90 Å². The number of benzene rings is 2. The van der Waals surface area contributed by atoms with Gasteiger partial charge in [-0.3, -0.25) is 0 Å². The van der Waals surface area contributed by atoms with Gasteiger partial charge in [-0.25, -0.2) is 13.6 Å². The Balaban J connectivity index is 2.05. The molecule has 0 aliphatic rings. The maximum atomic E-state index is 13.4. The van der Waals surface area contributed by atoms with Crippen LogP contribution in [0, 0.1) is 11.6 Å². The van der Waals surface area contributed by atoms with E-state index in [2.05, 4.69) is 5.32 Å². The number of nitrogens with zero attached hydrogens (tertiary/aromatic N) is 1. The molecule has 2 amide bonds. The molecule has 0 aliphatic carbocycles. The van der Waals surface area contributed by atoms with E-state index in [1.54, 1.807) is 7.05 Å². The van der Waals surface area contributed by atoms with Crippen molar-refractivity contribution in [3.05, 3.63) is 65.7 Å². The van der Waals surface area contributed by atoms with E-state index in [9.17, 15) is 13.6 Å². The number of carbonyl (C=O) groups excluding carboxylic acids is 1. The first-order chi connectivity index (χ1) is 9.58. The molecule has 2 aromatic rings. The average molecular weight is 276 g/mol. The van der Waals surface area contributed by atoms with E-state index < -0.39 is 23.4 Å². The standard InChI is InChI=1S/C15H14F2N2O/c1-19(10-11-6-3-2-4-7-11)15(20)18-14-12(16)8-5-9-13(14)17/h2-9H,10H2,1H3,(H,18,20). The summed E-state index contributed by atoms with van der Waals surface area (Å²) in [6, 6.07) is 12.2. The lowest BCUT2D eigenvalue weighted by Crippen LogP contribution is -2.31. The van der Waals surface area contributed by atoms with Crippen molar-refractivity contribution in [2.45, 2.75) is 6.54 Å². The topological polar surface area (TPSA) is 32.3 Å². The Bertz CT molecular complexity index is 582. The van der Waals surface area contributed by atoms with E-state index in [-0.39, 0.29) is 0 Å². The fraction of sp³-hybridized carbons (Fsp3) is 0.133. The van der Waals surface area contributed by atoms with Crippen LogP contribution in [0.2, 0.25) is 0 Å². The highest BCUT2D eigenvalue weighted by molar-refractivity contribution is 5.89. The van der Waals surface area contributed by atoms with Crippen molar-refractivity contribution in [3.63, 3.8) is 0 Å². The zero-order valence-electron chi connectivity index (χ0n) is 10.9. The number of carbonyl (C=O) groups is 1. The summed E-state index contributed by atoms with van der Waals surface area (Å²) in [5, 5.41) is 2.24. The molecule has 2 aromatic carbocycles. The minimum absolute atomic E-state index is 0.350. The van der Waals surface area contributed by atoms with Gasteiger partial charge in [0.15, 0.2) is 0 Å². The lowest BCUT2D eigenvalue weighted by molar-refractivity contribution is 0.220. The molecular formula is C15H14F2N2O. The van der Waals surface area contributed by atoms with Gasteiger partial charge in [-0.15, -0.1) is 0 Å². The van der Waals surface area contributed by atoms with Gasteiger partial charge in [-0.2, -0.15) is 0 Å². The Morgan fingerprint density at radius 2 is 1.65 bits per heavy atom. The molecular weight excluding hydrogens is 262 g/mol. The lowest BCUT2D eigenvalue weighted by Gasteiger charge is -2.18. The molecule has 0 unspecified atom stereocenters. The van der Waals surface area contributed by atoms with Crippen LogP contribution in [0.15, 0.2) is 48.5 Å². The third-order valence-electron chi connectivity index (χ3n) is 2.80. The van der Waals surface area contributed by atoms with Gasteiger partial charge in [0.05, 0.1) is 0 Å². The van der Waals surface area contributed by atoms with Crippen LogP contribution in [-0.4, -0.2) is 18.0 Å². The van der Waals surface area contributed by atoms with Gasteiger partial charge in [-0.1, -0.05) is 36.4 Å². The highest BCUT2D eigenvalue weighted by atomic mass is 19.1. The van der Waals surface area contributed by atoms with Crippen LogP contribution in [0.1, 0.15) is 5.56 Å². The number of urea groups is 1. The Morgan fingerprint density at radius 1 is 1.05 bits per heavy atom. The molecule has 0 aliphatic heterocycles. The number of amides is 2. The second-order valence-electron chi connectivity index (χ2n) is 4.37. The largest absolute Gasteiger partial charge is 0.323 e. The lowest BCUT2D eigenvalue weighted by atomic mass is 10.2. The van der Waals surface area contributed by atoms with Crippen LogP contribution in [0.3, 0.4) is 0 Å². The Hall–Kier alpha value is -2.43. The van der Waals surface area contributed by atoms with Crippen LogP contribution >= 0.6 is 0 Å². The quantitative estimate of drug-likeness (QED) is 0.912. The number of hydrogen-bond donors (Lipinski definition) is 1. The summed E-state index contributed by atoms with van der Waals surface area (Å²) >= 11 is 0. The minimum Gasteiger partial charge on any atom is -0.323 e. The minimum atomic E-state index is -0.800. The maximum Gasteiger partial charge on any atom is 0.322 e. The summed E-state index contributed by atoms with van der Waals surface area (Å²) in [6.45, 7) is 0.350. The zero-order valence-corrected chi connectivity index (χ0v) is 10.9. The fourth-order valence-electron chi connectivity index (χ4n) is 1.75. The number of rotatable bonds is 3. The van der Waals surface area contributed by atoms with E-state index in [0.717, 1.165) is 17.7 Å². The van der Waals surface area contributed by atoms with Gasteiger partial charge in [0.25, 0.3) is 0 Å². The highest BCUT2D eigenvalue weighted by Gasteiger charge is 2.14. The van der Waals surface area contributed by atoms with Crippen LogP contribution in [0.5, 0.6) is 0 Å². The van der Waals surface area contributed by atoms with E-state index in [0.29, 0.717) is 6.54 Å². The summed E-state index contributed by atoms with van der Waals surface area (Å²) in [6.07, 6.45) is 0. The number of para-hydroxylation sites is 1. The van der Waals surface area contributed by atoms with Crippen molar-refractivity contribution in [1.29, 1.82) is 0 Å². The van der Waals surface area contributed by atoms with Gasteiger partial charge in [0.2, 0.25) is 0 Å². The summed E-state index contributed by atoms with van der Waals surface area (Å²) in [7, 11) is 1.56. The molecule has 2 rings (SSSR count). The molecule has 0 saturated carbocycles. The molecule has 0 atom stereocenters. The monoisotopic (exact) mass is 276 g/mol. The van der Waals surface area contributed by atoms with E-state index in [1.165, 1.54) is 11.0 Å². The van der Waals surface area contributed by atoms with Crippen molar-refractivity contribution >= 4 is 11.7 Å². The highest BCUT2D eigenvalue weighted by Crippen LogP contribution is 2.18. The first-order valence-electron chi connectivity index (χ1n) is 6.08. The van der Waals surface area contributed by atoms with Crippen molar-refractivity contribution < 1.29 is 13.6 Å². The Kier molecular flexibility index (Phi) is 4.30. The normalized spacial score (nSPS) is 10.2. The Morgan fingerprint density at radius 3 is 2.25 bits per heavy atom. The van der Waals surface area contributed by atoms with Gasteiger partial charge in [-0.05, 0) is 17.7 Å². The van der Waals surface area contributed by atoms with Gasteiger partial charge >= 0.3 is 6.03 Å². The molecule has 1 N–H and O–H groups in total. The average Bonchev–Trinajstić information content (AvgIpc) is 2.44. The molecule has 0 spiro atoms. The zero-order chi connectivity index (χ0) is 14.5. The molecule has 3 nitrogen and oxygen atoms in total. The van der Waals surface area contributed by atoms with E-state index >= 15 is 0 Å². The summed E-state index contributed by atoms with van der Waals surface area (Å²) in [5.41, 5.74) is 0.497. The summed E-state index contributed by atoms with van der Waals surface area (Å²) in [5.74, 6) is -1.60. The first kappa shape index (κ1) is 14.0. The molecule has 0 radical (unpaired) electrons. The van der Waals surface area contributed by atoms with Crippen LogP contribution in [-0.2, 0) is 6.54 Å². The summed E-state index contributed by atoms with van der Waals surface area (Å²) < 4.78 is 26.9. The third-order valence-corrected chi connectivity index (χ3v) is 2.80. The molecule has 0 saturated heterocycles. The molecule has 0 heterocycles. The predicted molar refractivity (Wildman–Crippen MR) is 73.3 cm³/mol. The third kappa shape index (κ3) is 3.32. The number of nitrogens with one attached hydrogen (secondary N) is 1.